The number of nitrogens with two attached hydrogens (primary N) is 1. The number of nitrogens with one attached hydrogen (secondary N) is 2. The molecule has 34 heavy (non-hydrogen) atoms. The molecule has 0 aromatic heterocycles. The van der Waals surface area contributed by atoms with E-state index in [1.807, 2.05) is 0 Å². The third kappa shape index (κ3) is 6.26. The molecule has 9 nitrogen and oxygen atoms in total. The maximum absolute atomic E-state index is 12.9. The third-order valence-electron chi connectivity index (χ3n) is 4.82. The largest absolute Gasteiger partial charge is 0.497 e. The molecule has 0 aliphatic rings. The maximum Gasteiger partial charge on any atom is 0.255 e. The van der Waals surface area contributed by atoms with Crippen molar-refractivity contribution in [1.82, 2.24) is 5.32 Å². The summed E-state index contributed by atoms with van der Waals surface area (Å²) < 4.78 is 15.7. The summed E-state index contributed by atoms with van der Waals surface area (Å²) in [6, 6.07) is 18.4. The molecule has 0 saturated heterocycles. The Balaban J connectivity index is 1.67. The normalized spacial score (nSPS) is 10.2. The van der Waals surface area contributed by atoms with Crippen LogP contribution in [0.3, 0.4) is 0 Å². The molecule has 0 spiro atoms. The molecule has 0 atom stereocenters. The van der Waals surface area contributed by atoms with E-state index in [4.69, 9.17) is 19.9 Å². The molecule has 0 radical (unpaired) electrons. The van der Waals surface area contributed by atoms with Crippen LogP contribution in [0.2, 0.25) is 0 Å². The van der Waals surface area contributed by atoms with E-state index in [-0.39, 0.29) is 25.0 Å². The zero-order chi connectivity index (χ0) is 24.5. The van der Waals surface area contributed by atoms with Crippen LogP contribution in [0.15, 0.2) is 66.7 Å². The van der Waals surface area contributed by atoms with Gasteiger partial charge in [0, 0.05) is 12.1 Å². The summed E-state index contributed by atoms with van der Waals surface area (Å²) in [6.07, 6.45) is 0. The number of primary amides is 1. The quantitative estimate of drug-likeness (QED) is 0.424. The fourth-order valence-corrected chi connectivity index (χ4v) is 3.09. The summed E-state index contributed by atoms with van der Waals surface area (Å²) in [4.78, 5) is 36.4. The molecule has 3 aromatic carbocycles. The van der Waals surface area contributed by atoms with Crippen LogP contribution in [0.1, 0.15) is 26.3 Å². The predicted octanol–water partition coefficient (Wildman–Crippen LogP) is 2.75. The molecule has 0 bridgehead atoms. The second-order valence-electron chi connectivity index (χ2n) is 7.15. The highest BCUT2D eigenvalue weighted by molar-refractivity contribution is 6.09. The molecule has 0 aliphatic heterocycles. The van der Waals surface area contributed by atoms with Crippen molar-refractivity contribution >= 4 is 23.4 Å². The molecule has 9 heteroatoms. The number of amides is 3. The van der Waals surface area contributed by atoms with Crippen LogP contribution in [0.5, 0.6) is 17.2 Å². The number of benzene rings is 3. The van der Waals surface area contributed by atoms with E-state index in [1.165, 1.54) is 7.11 Å². The number of rotatable bonds is 10. The Hall–Kier alpha value is -4.53. The van der Waals surface area contributed by atoms with Crippen LogP contribution in [0.25, 0.3) is 0 Å². The highest BCUT2D eigenvalue weighted by Crippen LogP contribution is 2.28. The van der Waals surface area contributed by atoms with Gasteiger partial charge in [0.05, 0.1) is 25.5 Å². The first kappa shape index (κ1) is 24.1. The van der Waals surface area contributed by atoms with Crippen molar-refractivity contribution < 1.29 is 28.6 Å². The maximum atomic E-state index is 12.9. The molecule has 0 saturated carbocycles. The monoisotopic (exact) mass is 463 g/mol. The van der Waals surface area contributed by atoms with Crippen LogP contribution in [-0.4, -0.2) is 38.5 Å². The summed E-state index contributed by atoms with van der Waals surface area (Å²) in [5.41, 5.74) is 6.98. The van der Waals surface area contributed by atoms with Gasteiger partial charge in [0.2, 0.25) is 0 Å². The summed E-state index contributed by atoms with van der Waals surface area (Å²) in [5.74, 6) is 0.0949. The molecule has 0 aliphatic carbocycles. The van der Waals surface area contributed by atoms with Gasteiger partial charge in [-0.2, -0.15) is 0 Å². The van der Waals surface area contributed by atoms with E-state index >= 15 is 0 Å². The van der Waals surface area contributed by atoms with Gasteiger partial charge in [-0.3, -0.25) is 14.4 Å². The van der Waals surface area contributed by atoms with E-state index in [9.17, 15) is 14.4 Å². The third-order valence-corrected chi connectivity index (χ3v) is 4.82. The Labute approximate surface area is 196 Å². The summed E-state index contributed by atoms with van der Waals surface area (Å²) >= 11 is 0. The Bertz CT molecular complexity index is 1180. The lowest BCUT2D eigenvalue weighted by Gasteiger charge is -2.13. The first-order valence-electron chi connectivity index (χ1n) is 10.3. The number of ether oxygens (including phenoxy) is 3. The zero-order valence-electron chi connectivity index (χ0n) is 18.8. The van der Waals surface area contributed by atoms with E-state index < -0.39 is 5.91 Å². The average Bonchev–Trinajstić information content (AvgIpc) is 2.86. The Morgan fingerprint density at radius 3 is 2.26 bits per heavy atom. The van der Waals surface area contributed by atoms with Crippen LogP contribution in [0.4, 0.5) is 5.69 Å². The van der Waals surface area contributed by atoms with E-state index in [0.717, 1.165) is 5.56 Å². The molecule has 3 aromatic rings. The Kier molecular flexibility index (Phi) is 8.07. The number of carbonyl (C=O) groups excluding carboxylic acids is 3. The first-order valence-corrected chi connectivity index (χ1v) is 10.3. The van der Waals surface area contributed by atoms with Crippen molar-refractivity contribution in [3.05, 3.63) is 83.4 Å². The second kappa shape index (κ2) is 11.4. The van der Waals surface area contributed by atoms with Gasteiger partial charge in [-0.15, -0.1) is 0 Å². The summed E-state index contributed by atoms with van der Waals surface area (Å²) in [7, 11) is 3.02. The van der Waals surface area contributed by atoms with Crippen molar-refractivity contribution in [2.45, 2.75) is 6.54 Å². The van der Waals surface area contributed by atoms with Gasteiger partial charge in [-0.05, 0) is 54.1 Å². The Morgan fingerprint density at radius 1 is 0.853 bits per heavy atom. The molecule has 3 rings (SSSR count). The van der Waals surface area contributed by atoms with Gasteiger partial charge in [0.25, 0.3) is 17.7 Å². The van der Waals surface area contributed by atoms with E-state index in [0.29, 0.717) is 34.1 Å². The van der Waals surface area contributed by atoms with Gasteiger partial charge in [-0.25, -0.2) is 0 Å². The molecule has 0 fully saturated rings. The fraction of sp³-hybridized carbons (Fsp3) is 0.160. The van der Waals surface area contributed by atoms with Crippen LogP contribution < -0.4 is 30.6 Å². The van der Waals surface area contributed by atoms with Gasteiger partial charge in [-0.1, -0.05) is 18.2 Å². The zero-order valence-corrected chi connectivity index (χ0v) is 18.8. The molecular formula is C25H25N3O6. The van der Waals surface area contributed by atoms with Gasteiger partial charge < -0.3 is 30.6 Å². The standard InChI is InChI=1S/C25H25N3O6/c1-32-18-10-8-17(9-11-18)24(30)28-20-6-4-3-5-19(20)25(31)27-14-16-7-12-21(22(13-16)33-2)34-15-23(26)29/h3-13H,14-15H2,1-2H3,(H2,26,29)(H,27,31)(H,28,30). The molecular weight excluding hydrogens is 438 g/mol. The lowest BCUT2D eigenvalue weighted by molar-refractivity contribution is -0.119. The SMILES string of the molecule is COc1ccc(C(=O)Nc2ccccc2C(=O)NCc2ccc(OCC(N)=O)c(OC)c2)cc1. The predicted molar refractivity (Wildman–Crippen MR) is 126 cm³/mol. The highest BCUT2D eigenvalue weighted by atomic mass is 16.5. The minimum absolute atomic E-state index is 0.200. The van der Waals surface area contributed by atoms with Crippen LogP contribution >= 0.6 is 0 Å². The number of para-hydroxylation sites is 1. The minimum Gasteiger partial charge on any atom is -0.497 e. The van der Waals surface area contributed by atoms with Gasteiger partial charge in [0.15, 0.2) is 18.1 Å². The number of hydrogen-bond donors (Lipinski definition) is 3. The summed E-state index contributed by atoms with van der Waals surface area (Å²) in [5, 5.41) is 5.60. The molecule has 176 valence electrons. The molecule has 0 heterocycles. The van der Waals surface area contributed by atoms with Gasteiger partial charge >= 0.3 is 0 Å². The van der Waals surface area contributed by atoms with E-state index in [2.05, 4.69) is 10.6 Å². The van der Waals surface area contributed by atoms with Crippen LogP contribution in [-0.2, 0) is 11.3 Å². The highest BCUT2D eigenvalue weighted by Gasteiger charge is 2.15. The number of carbonyl (C=O) groups is 3. The molecule has 0 unspecified atom stereocenters. The number of methoxy groups -OCH3 is 2. The topological polar surface area (TPSA) is 129 Å². The lowest BCUT2D eigenvalue weighted by atomic mass is 10.1. The number of hydrogen-bond acceptors (Lipinski definition) is 6. The second-order valence-corrected chi connectivity index (χ2v) is 7.15. The molecule has 4 N–H and O–H groups in total. The minimum atomic E-state index is -0.601. The van der Waals surface area contributed by atoms with E-state index in [1.54, 1.807) is 73.8 Å². The first-order chi connectivity index (χ1) is 16.4. The van der Waals surface area contributed by atoms with Crippen LogP contribution in [0, 0.1) is 0 Å². The average molecular weight is 463 g/mol. The number of anilines is 1. The smallest absolute Gasteiger partial charge is 0.255 e. The lowest BCUT2D eigenvalue weighted by Crippen LogP contribution is -2.25. The van der Waals surface area contributed by atoms with Crippen molar-refractivity contribution in [2.24, 2.45) is 5.73 Å². The Morgan fingerprint density at radius 2 is 1.59 bits per heavy atom. The summed E-state index contributed by atoms with van der Waals surface area (Å²) in [6.45, 7) is -0.0719. The van der Waals surface area contributed by atoms with Crippen molar-refractivity contribution in [3.8, 4) is 17.2 Å². The van der Waals surface area contributed by atoms with Crippen molar-refractivity contribution in [2.75, 3.05) is 26.1 Å². The fourth-order valence-electron chi connectivity index (χ4n) is 3.09. The molecule has 3 amide bonds. The van der Waals surface area contributed by atoms with Gasteiger partial charge in [0.1, 0.15) is 5.75 Å². The van der Waals surface area contributed by atoms with Crippen molar-refractivity contribution in [3.63, 3.8) is 0 Å². The van der Waals surface area contributed by atoms with Crippen molar-refractivity contribution in [1.29, 1.82) is 0 Å².